The highest BCUT2D eigenvalue weighted by Crippen LogP contribution is 2.24. The third-order valence-electron chi connectivity index (χ3n) is 3.28. The van der Waals surface area contributed by atoms with Crippen LogP contribution in [0.3, 0.4) is 0 Å². The second-order valence-electron chi connectivity index (χ2n) is 4.95. The molecule has 0 saturated carbocycles. The maximum absolute atomic E-state index is 11.0. The Morgan fingerprint density at radius 1 is 1.35 bits per heavy atom. The van der Waals surface area contributed by atoms with Gasteiger partial charge >= 0.3 is 5.97 Å². The van der Waals surface area contributed by atoms with Crippen LogP contribution in [0.5, 0.6) is 0 Å². The Labute approximate surface area is 118 Å². The van der Waals surface area contributed by atoms with Crippen LogP contribution >= 0.6 is 0 Å². The first-order valence-corrected chi connectivity index (χ1v) is 6.72. The molecular weight excluding hydrogens is 260 g/mol. The fourth-order valence-electron chi connectivity index (χ4n) is 2.23. The summed E-state index contributed by atoms with van der Waals surface area (Å²) in [5.41, 5.74) is 1.06. The van der Waals surface area contributed by atoms with Gasteiger partial charge in [-0.1, -0.05) is 30.3 Å². The third-order valence-corrected chi connectivity index (χ3v) is 3.28. The molecule has 0 aromatic heterocycles. The molecule has 0 aliphatic carbocycles. The van der Waals surface area contributed by atoms with Gasteiger partial charge in [0.05, 0.1) is 18.8 Å². The maximum Gasteiger partial charge on any atom is 0.303 e. The van der Waals surface area contributed by atoms with Crippen LogP contribution in [0.4, 0.5) is 0 Å². The molecule has 1 heterocycles. The van der Waals surface area contributed by atoms with E-state index in [1.165, 1.54) is 6.92 Å². The molecule has 1 aromatic carbocycles. The number of aliphatic hydroxyl groups is 1. The van der Waals surface area contributed by atoms with E-state index in [0.717, 1.165) is 5.56 Å². The van der Waals surface area contributed by atoms with Crippen molar-refractivity contribution >= 4 is 5.97 Å². The van der Waals surface area contributed by atoms with Gasteiger partial charge in [0.15, 0.2) is 12.4 Å². The van der Waals surface area contributed by atoms with Crippen LogP contribution < -0.4 is 0 Å². The fourth-order valence-corrected chi connectivity index (χ4v) is 2.23. The van der Waals surface area contributed by atoms with E-state index in [0.29, 0.717) is 13.0 Å². The summed E-state index contributed by atoms with van der Waals surface area (Å²) in [4.78, 5) is 11.0. The van der Waals surface area contributed by atoms with E-state index < -0.39 is 18.4 Å². The van der Waals surface area contributed by atoms with Gasteiger partial charge in [-0.15, -0.1) is 0 Å². The van der Waals surface area contributed by atoms with Gasteiger partial charge in [0.25, 0.3) is 0 Å². The van der Waals surface area contributed by atoms with Crippen LogP contribution in [0.2, 0.25) is 0 Å². The van der Waals surface area contributed by atoms with Gasteiger partial charge in [0, 0.05) is 13.3 Å². The lowest BCUT2D eigenvalue weighted by atomic mass is 10.0. The largest absolute Gasteiger partial charge is 0.457 e. The number of carbonyl (C=O) groups is 1. The predicted octanol–water partition coefficient (Wildman–Crippen LogP) is 1.63. The number of aliphatic hydroxyl groups excluding tert-OH is 1. The first kappa shape index (κ1) is 15.0. The topological polar surface area (TPSA) is 65.0 Å². The molecule has 20 heavy (non-hydrogen) atoms. The molecule has 5 heteroatoms. The highest BCUT2D eigenvalue weighted by molar-refractivity contribution is 5.66. The van der Waals surface area contributed by atoms with Gasteiger partial charge in [-0.2, -0.15) is 0 Å². The number of hydrogen-bond acceptors (Lipinski definition) is 5. The lowest BCUT2D eigenvalue weighted by Crippen LogP contribution is -2.48. The summed E-state index contributed by atoms with van der Waals surface area (Å²) in [5.74, 6) is -0.436. The molecule has 0 spiro atoms. The average molecular weight is 280 g/mol. The molecule has 0 radical (unpaired) electrons. The Balaban J connectivity index is 1.91. The minimum absolute atomic E-state index is 0.219. The maximum atomic E-state index is 11.0. The Morgan fingerprint density at radius 3 is 2.70 bits per heavy atom. The van der Waals surface area contributed by atoms with Crippen molar-refractivity contribution < 1.29 is 24.1 Å². The first-order valence-electron chi connectivity index (χ1n) is 6.72. The zero-order valence-electron chi connectivity index (χ0n) is 11.7. The zero-order chi connectivity index (χ0) is 14.5. The summed E-state index contributed by atoms with van der Waals surface area (Å²) >= 11 is 0. The average Bonchev–Trinajstić information content (AvgIpc) is 2.41. The molecule has 1 fully saturated rings. The molecule has 0 amide bonds. The fraction of sp³-hybridized carbons (Fsp3) is 0.533. The summed E-state index contributed by atoms with van der Waals surface area (Å²) in [5, 5.41) is 9.74. The van der Waals surface area contributed by atoms with Crippen molar-refractivity contribution in [3.8, 4) is 0 Å². The lowest BCUT2D eigenvalue weighted by molar-refractivity contribution is -0.256. The minimum atomic E-state index is -1.09. The third kappa shape index (κ3) is 4.03. The first-order chi connectivity index (χ1) is 9.56. The number of ether oxygens (including phenoxy) is 3. The van der Waals surface area contributed by atoms with E-state index in [4.69, 9.17) is 14.2 Å². The van der Waals surface area contributed by atoms with Crippen LogP contribution in [-0.2, 0) is 25.6 Å². The highest BCUT2D eigenvalue weighted by atomic mass is 16.7. The van der Waals surface area contributed by atoms with Crippen LogP contribution in [-0.4, -0.2) is 35.7 Å². The molecule has 0 bridgehead atoms. The zero-order valence-corrected chi connectivity index (χ0v) is 11.7. The summed E-state index contributed by atoms with van der Waals surface area (Å²) in [7, 11) is 0. The Bertz CT molecular complexity index is 433. The molecule has 0 unspecified atom stereocenters. The van der Waals surface area contributed by atoms with Crippen molar-refractivity contribution in [3.63, 3.8) is 0 Å². The monoisotopic (exact) mass is 280 g/mol. The molecule has 1 aliphatic rings. The summed E-state index contributed by atoms with van der Waals surface area (Å²) < 4.78 is 16.2. The Hall–Kier alpha value is -1.43. The highest BCUT2D eigenvalue weighted by Gasteiger charge is 2.37. The van der Waals surface area contributed by atoms with Crippen molar-refractivity contribution in [2.45, 2.75) is 51.5 Å². The van der Waals surface area contributed by atoms with E-state index in [1.807, 2.05) is 37.3 Å². The standard InChI is InChI=1S/C15H20O5/c1-10-13(18-9-12-6-4-3-5-7-12)8-14(15(17)19-10)20-11(2)16/h3-7,10,13-15,17H,8-9H2,1-2H3/t10-,13+,14-,15+/m1/s1. The van der Waals surface area contributed by atoms with Gasteiger partial charge in [0.1, 0.15) is 0 Å². The van der Waals surface area contributed by atoms with Gasteiger partial charge in [0.2, 0.25) is 0 Å². The summed E-state index contributed by atoms with van der Waals surface area (Å²) in [6.45, 7) is 3.61. The molecule has 1 N–H and O–H groups in total. The Kier molecular flexibility index (Phi) is 5.11. The van der Waals surface area contributed by atoms with Gasteiger partial charge < -0.3 is 19.3 Å². The predicted molar refractivity (Wildman–Crippen MR) is 71.7 cm³/mol. The van der Waals surface area contributed by atoms with E-state index in [2.05, 4.69) is 0 Å². The number of hydrogen-bond donors (Lipinski definition) is 1. The molecule has 2 rings (SSSR count). The summed E-state index contributed by atoms with van der Waals surface area (Å²) in [6, 6.07) is 9.80. The van der Waals surface area contributed by atoms with E-state index in [1.54, 1.807) is 0 Å². The lowest BCUT2D eigenvalue weighted by Gasteiger charge is -2.37. The molecule has 1 saturated heterocycles. The van der Waals surface area contributed by atoms with Crippen LogP contribution in [0.1, 0.15) is 25.8 Å². The van der Waals surface area contributed by atoms with Crippen molar-refractivity contribution in [2.75, 3.05) is 0 Å². The molecule has 110 valence electrons. The molecule has 1 aromatic rings. The minimum Gasteiger partial charge on any atom is -0.457 e. The summed E-state index contributed by atoms with van der Waals surface area (Å²) in [6.07, 6.45) is -1.81. The number of carbonyl (C=O) groups excluding carboxylic acids is 1. The van der Waals surface area contributed by atoms with Crippen molar-refractivity contribution in [1.29, 1.82) is 0 Å². The van der Waals surface area contributed by atoms with Crippen molar-refractivity contribution in [2.24, 2.45) is 0 Å². The number of rotatable bonds is 4. The van der Waals surface area contributed by atoms with Gasteiger partial charge in [-0.05, 0) is 12.5 Å². The van der Waals surface area contributed by atoms with E-state index in [-0.39, 0.29) is 12.2 Å². The van der Waals surface area contributed by atoms with Crippen LogP contribution in [0.25, 0.3) is 0 Å². The normalized spacial score (nSPS) is 29.9. The SMILES string of the molecule is CC(=O)O[C@@H]1C[C@H](OCc2ccccc2)[C@@H](C)O[C@@H]1O. The second-order valence-corrected chi connectivity index (χ2v) is 4.95. The quantitative estimate of drug-likeness (QED) is 0.849. The Morgan fingerprint density at radius 2 is 2.05 bits per heavy atom. The number of benzene rings is 1. The molecule has 5 nitrogen and oxygen atoms in total. The van der Waals surface area contributed by atoms with Crippen molar-refractivity contribution in [1.82, 2.24) is 0 Å². The van der Waals surface area contributed by atoms with Crippen LogP contribution in [0.15, 0.2) is 30.3 Å². The van der Waals surface area contributed by atoms with Gasteiger partial charge in [-0.25, -0.2) is 0 Å². The smallest absolute Gasteiger partial charge is 0.303 e. The van der Waals surface area contributed by atoms with E-state index in [9.17, 15) is 9.90 Å². The molecule has 4 atom stereocenters. The molecular formula is C15H20O5. The molecule has 1 aliphatic heterocycles. The second kappa shape index (κ2) is 6.83. The van der Waals surface area contributed by atoms with Crippen molar-refractivity contribution in [3.05, 3.63) is 35.9 Å². The van der Waals surface area contributed by atoms with Gasteiger partial charge in [-0.3, -0.25) is 4.79 Å². The van der Waals surface area contributed by atoms with E-state index >= 15 is 0 Å². The number of esters is 1. The van der Waals surface area contributed by atoms with Crippen LogP contribution in [0, 0.1) is 0 Å².